The molecule has 0 fully saturated rings. The lowest BCUT2D eigenvalue weighted by molar-refractivity contribution is 0.330. The van der Waals surface area contributed by atoms with Gasteiger partial charge in [-0.2, -0.15) is 0 Å². The maximum absolute atomic E-state index is 11.3. The van der Waals surface area contributed by atoms with Gasteiger partial charge >= 0.3 is 0 Å². The lowest BCUT2D eigenvalue weighted by Gasteiger charge is -2.22. The topological polar surface area (TPSA) is 182 Å². The molecule has 7 aromatic carbocycles. The zero-order valence-corrected chi connectivity index (χ0v) is 22.0. The fraction of sp³-hybridized carbons (Fsp3) is 0. The average molecular weight is 575 g/mol. The molecule has 0 unspecified atom stereocenters. The van der Waals surface area contributed by atoms with E-state index in [4.69, 9.17) is 0 Å². The lowest BCUT2D eigenvalue weighted by Crippen LogP contribution is -1.94. The Morgan fingerprint density at radius 3 is 1.33 bits per heavy atom. The molecular weight excluding hydrogens is 552 g/mol. The summed E-state index contributed by atoms with van der Waals surface area (Å²) in [6.45, 7) is 0. The second kappa shape index (κ2) is 8.89. The van der Waals surface area contributed by atoms with Gasteiger partial charge in [-0.05, 0) is 43.9 Å². The number of aromatic hydroxyl groups is 9. The van der Waals surface area contributed by atoms with Crippen LogP contribution in [0.3, 0.4) is 0 Å². The zero-order valence-electron chi connectivity index (χ0n) is 22.0. The number of rotatable bonds is 2. The number of benzene rings is 7. The maximum Gasteiger partial charge on any atom is 0.208 e. The van der Waals surface area contributed by atoms with Gasteiger partial charge in [-0.3, -0.25) is 0 Å². The first kappa shape index (κ1) is 25.7. The second-order valence-corrected chi connectivity index (χ2v) is 10.3. The van der Waals surface area contributed by atoms with Gasteiger partial charge in [0.05, 0.1) is 5.56 Å². The third-order valence-electron chi connectivity index (χ3n) is 8.02. The fourth-order valence-corrected chi connectivity index (χ4v) is 6.01. The van der Waals surface area contributed by atoms with Crippen LogP contribution >= 0.6 is 0 Å². The number of fused-ring (bicyclic) bond motifs is 5. The molecule has 0 atom stereocenters. The van der Waals surface area contributed by atoms with Gasteiger partial charge in [0, 0.05) is 21.9 Å². The van der Waals surface area contributed by atoms with Crippen LogP contribution in [0.25, 0.3) is 65.3 Å². The Kier molecular flexibility index (Phi) is 5.32. The van der Waals surface area contributed by atoms with Crippen molar-refractivity contribution in [3.8, 4) is 74.0 Å². The fourth-order valence-electron chi connectivity index (χ4n) is 6.01. The maximum atomic E-state index is 11.3. The molecule has 0 saturated heterocycles. The van der Waals surface area contributed by atoms with Gasteiger partial charge in [0.1, 0.15) is 0 Å². The minimum absolute atomic E-state index is 0.160. The third kappa shape index (κ3) is 3.39. The molecule has 0 spiro atoms. The highest BCUT2D eigenvalue weighted by Gasteiger charge is 2.32. The first-order valence-electron chi connectivity index (χ1n) is 13.1. The molecule has 0 heterocycles. The predicted octanol–water partition coefficient (Wildman–Crippen LogP) is 6.98. The van der Waals surface area contributed by atoms with Crippen molar-refractivity contribution in [3.05, 3.63) is 78.9 Å². The summed E-state index contributed by atoms with van der Waals surface area (Å²) in [6.07, 6.45) is 0. The largest absolute Gasteiger partial charge is 0.504 e. The van der Waals surface area contributed by atoms with Crippen LogP contribution in [0.5, 0.6) is 51.7 Å². The van der Waals surface area contributed by atoms with Crippen LogP contribution in [0.2, 0.25) is 0 Å². The summed E-state index contributed by atoms with van der Waals surface area (Å²) in [4.78, 5) is 0. The van der Waals surface area contributed by atoms with E-state index in [0.717, 1.165) is 21.5 Å². The molecular formula is C34H22O9. The van der Waals surface area contributed by atoms with E-state index in [9.17, 15) is 46.0 Å². The summed E-state index contributed by atoms with van der Waals surface area (Å²) < 4.78 is 0. The quantitative estimate of drug-likeness (QED) is 0.0455. The van der Waals surface area contributed by atoms with E-state index in [1.165, 1.54) is 0 Å². The van der Waals surface area contributed by atoms with Crippen LogP contribution in [0.1, 0.15) is 0 Å². The smallest absolute Gasteiger partial charge is 0.208 e. The SMILES string of the molecule is Oc1c(O)c(O)c(-c2c3ccccc3c(-c3ccc4ccc5ccccc5c4c3)c3c(O)c(O)c(O)c(O)c23)c(O)c1O. The summed E-state index contributed by atoms with van der Waals surface area (Å²) >= 11 is 0. The van der Waals surface area contributed by atoms with E-state index in [1.54, 1.807) is 30.3 Å². The van der Waals surface area contributed by atoms with E-state index in [2.05, 4.69) is 0 Å². The van der Waals surface area contributed by atoms with E-state index in [1.807, 2.05) is 48.5 Å². The lowest BCUT2D eigenvalue weighted by atomic mass is 9.83. The summed E-state index contributed by atoms with van der Waals surface area (Å²) in [7, 11) is 0. The van der Waals surface area contributed by atoms with Gasteiger partial charge in [0.15, 0.2) is 23.0 Å². The molecule has 9 heteroatoms. The van der Waals surface area contributed by atoms with Crippen molar-refractivity contribution in [1.82, 2.24) is 0 Å². The molecule has 212 valence electrons. The Morgan fingerprint density at radius 1 is 0.302 bits per heavy atom. The highest BCUT2D eigenvalue weighted by Crippen LogP contribution is 2.61. The van der Waals surface area contributed by atoms with E-state index in [0.29, 0.717) is 16.5 Å². The number of hydrogen-bond acceptors (Lipinski definition) is 9. The highest BCUT2D eigenvalue weighted by atomic mass is 16.4. The molecule has 9 N–H and O–H groups in total. The van der Waals surface area contributed by atoms with Crippen LogP contribution in [0.4, 0.5) is 0 Å². The van der Waals surface area contributed by atoms with E-state index >= 15 is 0 Å². The summed E-state index contributed by atoms with van der Waals surface area (Å²) in [5.74, 6) is -9.39. The van der Waals surface area contributed by atoms with Crippen molar-refractivity contribution >= 4 is 43.1 Å². The van der Waals surface area contributed by atoms with Gasteiger partial charge in [-0.15, -0.1) is 0 Å². The normalized spacial score (nSPS) is 11.6. The van der Waals surface area contributed by atoms with Crippen LogP contribution in [0, 0.1) is 0 Å². The Balaban J connectivity index is 1.75. The van der Waals surface area contributed by atoms with Crippen LogP contribution in [-0.2, 0) is 0 Å². The van der Waals surface area contributed by atoms with Gasteiger partial charge in [-0.1, -0.05) is 72.8 Å². The van der Waals surface area contributed by atoms with Crippen molar-refractivity contribution in [2.24, 2.45) is 0 Å². The predicted molar refractivity (Wildman–Crippen MR) is 162 cm³/mol. The first-order valence-corrected chi connectivity index (χ1v) is 13.1. The molecule has 0 amide bonds. The summed E-state index contributed by atoms with van der Waals surface area (Å²) in [6, 6.07) is 23.9. The van der Waals surface area contributed by atoms with Crippen LogP contribution in [-0.4, -0.2) is 46.0 Å². The Morgan fingerprint density at radius 2 is 0.721 bits per heavy atom. The van der Waals surface area contributed by atoms with Crippen molar-refractivity contribution < 1.29 is 46.0 Å². The Labute approximate surface area is 241 Å². The molecule has 0 aromatic heterocycles. The van der Waals surface area contributed by atoms with Crippen LogP contribution < -0.4 is 0 Å². The Bertz CT molecular complexity index is 2310. The standard InChI is InChI=1S/C34H22O9/c35-26-23-21(16-12-11-15-10-9-14-5-1-2-6-17(14)20(15)13-16)18-7-3-4-8-19(18)22(24(23)27(36)31(40)30(26)39)25-28(37)32(41)34(43)33(42)29(25)38/h1-13,35-43H. The zero-order chi connectivity index (χ0) is 30.3. The van der Waals surface area contributed by atoms with Gasteiger partial charge in [0.25, 0.3) is 0 Å². The third-order valence-corrected chi connectivity index (χ3v) is 8.02. The summed E-state index contributed by atoms with van der Waals surface area (Å²) in [5, 5.41) is 100. The highest BCUT2D eigenvalue weighted by molar-refractivity contribution is 6.27. The average Bonchev–Trinajstić information content (AvgIpc) is 3.03. The van der Waals surface area contributed by atoms with Crippen LogP contribution in [0.15, 0.2) is 78.9 Å². The minimum Gasteiger partial charge on any atom is -0.504 e. The summed E-state index contributed by atoms with van der Waals surface area (Å²) in [5.41, 5.74) is 0.0638. The van der Waals surface area contributed by atoms with Crippen molar-refractivity contribution in [3.63, 3.8) is 0 Å². The molecule has 7 aromatic rings. The molecule has 0 radical (unpaired) electrons. The van der Waals surface area contributed by atoms with Crippen molar-refractivity contribution in [1.29, 1.82) is 0 Å². The second-order valence-electron chi connectivity index (χ2n) is 10.3. The van der Waals surface area contributed by atoms with Crippen molar-refractivity contribution in [2.45, 2.75) is 0 Å². The van der Waals surface area contributed by atoms with E-state index in [-0.39, 0.29) is 21.7 Å². The molecule has 0 aliphatic heterocycles. The first-order chi connectivity index (χ1) is 20.6. The Hall–Kier alpha value is -6.22. The molecule has 43 heavy (non-hydrogen) atoms. The number of hydrogen-bond donors (Lipinski definition) is 9. The van der Waals surface area contributed by atoms with Gasteiger partial charge in [0.2, 0.25) is 28.7 Å². The van der Waals surface area contributed by atoms with Gasteiger partial charge in [-0.25, -0.2) is 0 Å². The number of phenols is 9. The molecule has 0 aliphatic carbocycles. The van der Waals surface area contributed by atoms with Crippen molar-refractivity contribution in [2.75, 3.05) is 0 Å². The van der Waals surface area contributed by atoms with E-state index < -0.39 is 57.3 Å². The minimum atomic E-state index is -1.18. The molecule has 0 bridgehead atoms. The molecule has 7 rings (SSSR count). The molecule has 0 saturated carbocycles. The monoisotopic (exact) mass is 574 g/mol. The number of phenolic OH excluding ortho intramolecular Hbond substituents is 9. The van der Waals surface area contributed by atoms with Gasteiger partial charge < -0.3 is 46.0 Å². The molecule has 9 nitrogen and oxygen atoms in total. The molecule has 0 aliphatic rings.